The van der Waals surface area contributed by atoms with Crippen molar-refractivity contribution in [3.8, 4) is 78.5 Å². The smallest absolute Gasteiger partial charge is 0.160 e. The zero-order chi connectivity index (χ0) is 40.5. The van der Waals surface area contributed by atoms with Crippen LogP contribution < -0.4 is 0 Å². The summed E-state index contributed by atoms with van der Waals surface area (Å²) in [5.74, 6) is 0.881. The van der Waals surface area contributed by atoms with Crippen LogP contribution in [0, 0.1) is 0 Å². The molecule has 0 bridgehead atoms. The molecule has 1 unspecified atom stereocenters. The summed E-state index contributed by atoms with van der Waals surface area (Å²) in [4.78, 5) is 21.0. The zero-order valence-corrected chi connectivity index (χ0v) is 33.5. The summed E-state index contributed by atoms with van der Waals surface area (Å²) in [6.07, 6.45) is 10.7. The minimum Gasteiger partial charge on any atom is -0.252 e. The highest BCUT2D eigenvalue weighted by atomic mass is 14.9. The lowest BCUT2D eigenvalue weighted by molar-refractivity contribution is 0.795. The first-order chi connectivity index (χ1) is 30.2. The van der Waals surface area contributed by atoms with Crippen LogP contribution in [0.1, 0.15) is 24.3 Å². The van der Waals surface area contributed by atoms with E-state index in [2.05, 4.69) is 200 Å². The van der Waals surface area contributed by atoms with E-state index in [-0.39, 0.29) is 5.92 Å². The van der Waals surface area contributed by atoms with Crippen LogP contribution in [-0.2, 0) is 0 Å². The first-order valence-corrected chi connectivity index (χ1v) is 21.0. The molecule has 2 aromatic heterocycles. The van der Waals surface area contributed by atoms with Crippen molar-refractivity contribution in [2.75, 3.05) is 0 Å². The molecule has 0 radical (unpaired) electrons. The molecule has 0 spiro atoms. The molecule has 0 N–H and O–H groups in total. The van der Waals surface area contributed by atoms with Gasteiger partial charge in [0.05, 0.1) is 28.3 Å². The van der Waals surface area contributed by atoms with Crippen LogP contribution in [0.5, 0.6) is 0 Å². The van der Waals surface area contributed by atoms with Gasteiger partial charge in [0.15, 0.2) is 5.82 Å². The van der Waals surface area contributed by atoms with Crippen LogP contribution in [0.25, 0.3) is 89.4 Å². The molecule has 1 aliphatic heterocycles. The molecule has 288 valence electrons. The second-order valence-corrected chi connectivity index (χ2v) is 15.7. The fraction of sp³-hybridized carbons (Fsp3) is 0.0526. The summed E-state index contributed by atoms with van der Waals surface area (Å²) in [6.45, 7) is 0. The van der Waals surface area contributed by atoms with E-state index in [1.807, 2.05) is 12.1 Å². The number of allylic oxidation sites excluding steroid dienone is 4. The Kier molecular flexibility index (Phi) is 9.36. The quantitative estimate of drug-likeness (QED) is 0.162. The highest BCUT2D eigenvalue weighted by molar-refractivity contribution is 6.12. The third kappa shape index (κ3) is 7.08. The first kappa shape index (κ1) is 36.3. The van der Waals surface area contributed by atoms with Gasteiger partial charge in [0.1, 0.15) is 0 Å². The van der Waals surface area contributed by atoms with Crippen molar-refractivity contribution in [2.24, 2.45) is 4.99 Å². The van der Waals surface area contributed by atoms with E-state index in [1.54, 1.807) is 0 Å². The Morgan fingerprint density at radius 3 is 1.59 bits per heavy atom. The molecule has 1 aliphatic carbocycles. The molecule has 0 saturated carbocycles. The highest BCUT2D eigenvalue weighted by Gasteiger charge is 2.31. The van der Waals surface area contributed by atoms with E-state index >= 15 is 0 Å². The monoisotopic (exact) mass is 780 g/mol. The molecule has 4 nitrogen and oxygen atoms in total. The number of aromatic nitrogens is 3. The predicted molar refractivity (Wildman–Crippen MR) is 253 cm³/mol. The molecule has 0 fully saturated rings. The second-order valence-electron chi connectivity index (χ2n) is 15.7. The van der Waals surface area contributed by atoms with Crippen LogP contribution in [0.2, 0.25) is 0 Å². The maximum atomic E-state index is 5.33. The minimum atomic E-state index is 0.202. The summed E-state index contributed by atoms with van der Waals surface area (Å²) in [7, 11) is 0. The van der Waals surface area contributed by atoms with Gasteiger partial charge in [-0.05, 0) is 82.6 Å². The Hall–Kier alpha value is -7.82. The fourth-order valence-corrected chi connectivity index (χ4v) is 8.78. The average Bonchev–Trinajstić information content (AvgIpc) is 3.68. The first-order valence-electron chi connectivity index (χ1n) is 21.0. The van der Waals surface area contributed by atoms with Crippen molar-refractivity contribution >= 4 is 22.3 Å². The lowest BCUT2D eigenvalue weighted by Crippen LogP contribution is -2.08. The Bertz CT molecular complexity index is 3080. The molecule has 9 aromatic rings. The Labute approximate surface area is 356 Å². The molecule has 61 heavy (non-hydrogen) atoms. The Morgan fingerprint density at radius 1 is 0.410 bits per heavy atom. The zero-order valence-electron chi connectivity index (χ0n) is 33.5. The van der Waals surface area contributed by atoms with Gasteiger partial charge < -0.3 is 0 Å². The molecule has 0 amide bonds. The van der Waals surface area contributed by atoms with Crippen molar-refractivity contribution in [3.05, 3.63) is 218 Å². The Balaban J connectivity index is 0.978. The summed E-state index contributed by atoms with van der Waals surface area (Å²) in [6, 6.07) is 66.2. The van der Waals surface area contributed by atoms with Gasteiger partial charge in [-0.25, -0.2) is 15.0 Å². The van der Waals surface area contributed by atoms with Gasteiger partial charge in [0.2, 0.25) is 0 Å². The molecule has 4 heteroatoms. The van der Waals surface area contributed by atoms with Crippen LogP contribution in [0.3, 0.4) is 0 Å². The van der Waals surface area contributed by atoms with Gasteiger partial charge in [-0.15, -0.1) is 0 Å². The van der Waals surface area contributed by atoms with Crippen LogP contribution >= 0.6 is 0 Å². The number of nitrogens with zero attached hydrogens (tertiary/aromatic N) is 4. The molecular weight excluding hydrogens is 741 g/mol. The molecule has 11 rings (SSSR count). The number of fused-ring (bicyclic) bond motifs is 5. The number of rotatable bonds is 7. The maximum absolute atomic E-state index is 5.33. The molecule has 3 heterocycles. The lowest BCUT2D eigenvalue weighted by atomic mass is 9.86. The van der Waals surface area contributed by atoms with E-state index in [0.717, 1.165) is 96.7 Å². The number of benzene rings is 7. The summed E-state index contributed by atoms with van der Waals surface area (Å²) in [5.41, 5.74) is 18.1. The van der Waals surface area contributed by atoms with E-state index < -0.39 is 0 Å². The maximum Gasteiger partial charge on any atom is 0.160 e. The minimum absolute atomic E-state index is 0.202. The number of para-hydroxylation sites is 1. The number of hydrogen-bond donors (Lipinski definition) is 0. The van der Waals surface area contributed by atoms with Crippen LogP contribution in [0.4, 0.5) is 5.69 Å². The third-order valence-electron chi connectivity index (χ3n) is 11.9. The standard InChI is InChI=1S/C57H40N4/c1-2-10-28-50-48(26-9-1)54-55(58-51-29-12-11-27-49(51)56(54)59-50)47-25-15-22-44(36-47)40-30-32-41(33-31-40)57-60-52(45-23-13-20-42(34-45)38-16-5-3-6-17-38)37-53(61-57)46-24-14-21-43(35-46)39-18-7-4-8-19-39/h1-8,10-25,27-37,48H,9,26H2. The number of pyridine rings is 1. The molecule has 7 aromatic carbocycles. The topological polar surface area (TPSA) is 51.0 Å². The molecular formula is C57H40N4. The van der Waals surface area contributed by atoms with E-state index in [4.69, 9.17) is 19.9 Å². The van der Waals surface area contributed by atoms with Gasteiger partial charge in [-0.3, -0.25) is 4.99 Å². The molecule has 2 aliphatic rings. The average molecular weight is 781 g/mol. The predicted octanol–water partition coefficient (Wildman–Crippen LogP) is 14.8. The fourth-order valence-electron chi connectivity index (χ4n) is 8.78. The van der Waals surface area contributed by atoms with Gasteiger partial charge >= 0.3 is 0 Å². The normalized spacial score (nSPS) is 14.2. The highest BCUT2D eigenvalue weighted by Crippen LogP contribution is 2.48. The second kappa shape index (κ2) is 15.7. The van der Waals surface area contributed by atoms with Crippen molar-refractivity contribution in [2.45, 2.75) is 18.8 Å². The van der Waals surface area contributed by atoms with Gasteiger partial charge in [-0.2, -0.15) is 0 Å². The van der Waals surface area contributed by atoms with E-state index in [0.29, 0.717) is 5.82 Å². The van der Waals surface area contributed by atoms with E-state index in [9.17, 15) is 0 Å². The van der Waals surface area contributed by atoms with Gasteiger partial charge in [-0.1, -0.05) is 176 Å². The number of hydrogen-bond acceptors (Lipinski definition) is 4. The largest absolute Gasteiger partial charge is 0.252 e. The van der Waals surface area contributed by atoms with Crippen molar-refractivity contribution in [3.63, 3.8) is 0 Å². The van der Waals surface area contributed by atoms with Crippen molar-refractivity contribution in [1.82, 2.24) is 15.0 Å². The lowest BCUT2D eigenvalue weighted by Gasteiger charge is -2.18. The summed E-state index contributed by atoms with van der Waals surface area (Å²) in [5, 5.41) is 1.11. The van der Waals surface area contributed by atoms with Gasteiger partial charge in [0, 0.05) is 44.8 Å². The van der Waals surface area contributed by atoms with Crippen LogP contribution in [-0.4, -0.2) is 20.7 Å². The van der Waals surface area contributed by atoms with E-state index in [1.165, 1.54) is 16.7 Å². The summed E-state index contributed by atoms with van der Waals surface area (Å²) >= 11 is 0. The van der Waals surface area contributed by atoms with Crippen molar-refractivity contribution in [1.29, 1.82) is 0 Å². The Morgan fingerprint density at radius 2 is 0.934 bits per heavy atom. The van der Waals surface area contributed by atoms with Gasteiger partial charge in [0.25, 0.3) is 0 Å². The summed E-state index contributed by atoms with van der Waals surface area (Å²) < 4.78 is 0. The molecule has 1 atom stereocenters. The molecule has 0 saturated heterocycles. The third-order valence-corrected chi connectivity index (χ3v) is 11.9. The van der Waals surface area contributed by atoms with Crippen molar-refractivity contribution < 1.29 is 0 Å². The number of aliphatic imine (C=N–C) groups is 1. The SMILES string of the molecule is C1=CCCC2C(=Nc3c2c(-c2cccc(-c4ccc(-c5nc(-c6cccc(-c7ccccc7)c6)cc(-c6cccc(-c7ccccc7)c6)n5)cc4)c2)nc2ccccc32)C=C1. The van der Waals surface area contributed by atoms with Crippen LogP contribution in [0.15, 0.2) is 217 Å².